The normalized spacial score (nSPS) is 30.8. The number of hydrogen-bond donors (Lipinski definition) is 2. The molecule has 70 valence electrons. The molecule has 2 rings (SSSR count). The number of carboxylic acid groups (broad SMARTS) is 1. The topological polar surface area (TPSA) is 58.6 Å². The van der Waals surface area contributed by atoms with Gasteiger partial charge in [-0.15, -0.1) is 12.4 Å². The summed E-state index contributed by atoms with van der Waals surface area (Å²) in [4.78, 5) is 10.5. The minimum absolute atomic E-state index is 0. The molecular formula is C7H12ClNO3. The average molecular weight is 194 g/mol. The van der Waals surface area contributed by atoms with Gasteiger partial charge in [0.15, 0.2) is 0 Å². The van der Waals surface area contributed by atoms with Crippen LogP contribution in [-0.4, -0.2) is 36.4 Å². The van der Waals surface area contributed by atoms with E-state index in [1.54, 1.807) is 0 Å². The van der Waals surface area contributed by atoms with Gasteiger partial charge in [-0.2, -0.15) is 0 Å². The van der Waals surface area contributed by atoms with Crippen LogP contribution in [0.1, 0.15) is 6.42 Å². The van der Waals surface area contributed by atoms with E-state index in [4.69, 9.17) is 9.84 Å². The minimum atomic E-state index is -0.728. The Morgan fingerprint density at radius 2 is 2.25 bits per heavy atom. The van der Waals surface area contributed by atoms with Crippen molar-refractivity contribution in [1.29, 1.82) is 0 Å². The SMILES string of the molecule is Cl.O=C(O)C1COC2(CNC2)C1. The van der Waals surface area contributed by atoms with Crippen LogP contribution in [0.2, 0.25) is 0 Å². The number of nitrogens with one attached hydrogen (secondary N) is 1. The third kappa shape index (κ3) is 1.42. The lowest BCUT2D eigenvalue weighted by molar-refractivity contribution is -0.141. The van der Waals surface area contributed by atoms with E-state index in [-0.39, 0.29) is 23.9 Å². The standard InChI is InChI=1S/C7H11NO3.ClH/c9-6(10)5-1-7(11-2-5)3-8-4-7;/h5,8H,1-4H2,(H,9,10);1H. The van der Waals surface area contributed by atoms with Crippen LogP contribution in [0.5, 0.6) is 0 Å². The van der Waals surface area contributed by atoms with Gasteiger partial charge in [0.2, 0.25) is 0 Å². The Morgan fingerprint density at radius 1 is 1.58 bits per heavy atom. The zero-order valence-electron chi connectivity index (χ0n) is 6.58. The fourth-order valence-corrected chi connectivity index (χ4v) is 1.65. The second-order valence-corrected chi connectivity index (χ2v) is 3.34. The van der Waals surface area contributed by atoms with Crippen molar-refractivity contribution in [3.63, 3.8) is 0 Å². The predicted molar refractivity (Wildman–Crippen MR) is 44.5 cm³/mol. The van der Waals surface area contributed by atoms with Gasteiger partial charge in [-0.3, -0.25) is 4.79 Å². The monoisotopic (exact) mass is 193 g/mol. The van der Waals surface area contributed by atoms with E-state index in [0.29, 0.717) is 13.0 Å². The van der Waals surface area contributed by atoms with Crippen molar-refractivity contribution in [2.45, 2.75) is 12.0 Å². The fourth-order valence-electron chi connectivity index (χ4n) is 1.65. The summed E-state index contributed by atoms with van der Waals surface area (Å²) in [5, 5.41) is 11.8. The van der Waals surface area contributed by atoms with Gasteiger partial charge in [0.1, 0.15) is 0 Å². The molecule has 0 aromatic carbocycles. The van der Waals surface area contributed by atoms with Crippen molar-refractivity contribution in [1.82, 2.24) is 5.32 Å². The first-order valence-corrected chi connectivity index (χ1v) is 3.79. The van der Waals surface area contributed by atoms with E-state index in [9.17, 15) is 4.79 Å². The summed E-state index contributed by atoms with van der Waals surface area (Å²) in [6.07, 6.45) is 0.676. The quantitative estimate of drug-likeness (QED) is 0.609. The Morgan fingerprint density at radius 3 is 2.50 bits per heavy atom. The third-order valence-corrected chi connectivity index (χ3v) is 2.45. The number of ether oxygens (including phenoxy) is 1. The third-order valence-electron chi connectivity index (χ3n) is 2.45. The molecule has 2 fully saturated rings. The smallest absolute Gasteiger partial charge is 0.308 e. The Labute approximate surface area is 76.7 Å². The molecule has 0 saturated carbocycles. The average Bonchev–Trinajstić information content (AvgIpc) is 2.28. The number of carbonyl (C=O) groups is 1. The van der Waals surface area contributed by atoms with E-state index in [0.717, 1.165) is 13.1 Å². The van der Waals surface area contributed by atoms with Gasteiger partial charge >= 0.3 is 5.97 Å². The van der Waals surface area contributed by atoms with Crippen LogP contribution in [0, 0.1) is 5.92 Å². The molecule has 2 N–H and O–H groups in total. The zero-order valence-corrected chi connectivity index (χ0v) is 7.39. The number of hydrogen-bond acceptors (Lipinski definition) is 3. The molecule has 2 saturated heterocycles. The predicted octanol–water partition coefficient (Wildman–Crippen LogP) is -0.129. The lowest BCUT2D eigenvalue weighted by atomic mass is 9.89. The molecule has 5 heteroatoms. The maximum atomic E-state index is 10.5. The molecule has 0 aromatic rings. The molecule has 0 bridgehead atoms. The summed E-state index contributed by atoms with van der Waals surface area (Å²) in [7, 11) is 0. The van der Waals surface area contributed by atoms with Crippen molar-refractivity contribution >= 4 is 18.4 Å². The molecule has 1 atom stereocenters. The summed E-state index contributed by atoms with van der Waals surface area (Å²) in [5.41, 5.74) is -0.122. The second-order valence-electron chi connectivity index (χ2n) is 3.34. The first kappa shape index (κ1) is 9.77. The molecule has 0 aromatic heterocycles. The molecule has 12 heavy (non-hydrogen) atoms. The Balaban J connectivity index is 0.000000720. The molecule has 0 aliphatic carbocycles. The highest BCUT2D eigenvalue weighted by atomic mass is 35.5. The highest BCUT2D eigenvalue weighted by Crippen LogP contribution is 2.32. The highest BCUT2D eigenvalue weighted by Gasteiger charge is 2.47. The van der Waals surface area contributed by atoms with Crippen LogP contribution in [0.3, 0.4) is 0 Å². The highest BCUT2D eigenvalue weighted by molar-refractivity contribution is 5.85. The first-order chi connectivity index (χ1) is 5.22. The van der Waals surface area contributed by atoms with Crippen molar-refractivity contribution < 1.29 is 14.6 Å². The van der Waals surface area contributed by atoms with E-state index >= 15 is 0 Å². The lowest BCUT2D eigenvalue weighted by Gasteiger charge is -2.38. The van der Waals surface area contributed by atoms with Crippen LogP contribution >= 0.6 is 12.4 Å². The summed E-state index contributed by atoms with van der Waals surface area (Å²) in [5.74, 6) is -1.01. The zero-order chi connectivity index (χ0) is 7.90. The van der Waals surface area contributed by atoms with Crippen molar-refractivity contribution in [2.24, 2.45) is 5.92 Å². The molecule has 1 unspecified atom stereocenters. The molecule has 1 spiro atoms. The van der Waals surface area contributed by atoms with Gasteiger partial charge < -0.3 is 15.2 Å². The van der Waals surface area contributed by atoms with Crippen molar-refractivity contribution in [3.05, 3.63) is 0 Å². The van der Waals surface area contributed by atoms with Crippen LogP contribution in [-0.2, 0) is 9.53 Å². The largest absolute Gasteiger partial charge is 0.481 e. The molecule has 0 radical (unpaired) electrons. The Bertz CT molecular complexity index is 193. The van der Waals surface area contributed by atoms with Gasteiger partial charge in [-0.1, -0.05) is 0 Å². The summed E-state index contributed by atoms with van der Waals surface area (Å²) in [6, 6.07) is 0. The summed E-state index contributed by atoms with van der Waals surface area (Å²) >= 11 is 0. The maximum Gasteiger partial charge on any atom is 0.308 e. The molecule has 2 aliphatic heterocycles. The summed E-state index contributed by atoms with van der Waals surface area (Å²) in [6.45, 7) is 2.02. The lowest BCUT2D eigenvalue weighted by Crippen LogP contribution is -2.59. The Hall–Kier alpha value is -0.320. The van der Waals surface area contributed by atoms with Crippen LogP contribution < -0.4 is 5.32 Å². The molecular weight excluding hydrogens is 182 g/mol. The van der Waals surface area contributed by atoms with Gasteiger partial charge in [0, 0.05) is 13.1 Å². The van der Waals surface area contributed by atoms with E-state index in [1.807, 2.05) is 0 Å². The second kappa shape index (κ2) is 3.20. The Kier molecular flexibility index (Phi) is 2.61. The van der Waals surface area contributed by atoms with E-state index in [1.165, 1.54) is 0 Å². The van der Waals surface area contributed by atoms with Crippen LogP contribution in [0.15, 0.2) is 0 Å². The van der Waals surface area contributed by atoms with E-state index < -0.39 is 5.97 Å². The van der Waals surface area contributed by atoms with Gasteiger partial charge in [0.05, 0.1) is 18.1 Å². The first-order valence-electron chi connectivity index (χ1n) is 3.79. The number of halogens is 1. The summed E-state index contributed by atoms with van der Waals surface area (Å²) < 4.78 is 5.41. The van der Waals surface area contributed by atoms with Crippen LogP contribution in [0.4, 0.5) is 0 Å². The maximum absolute atomic E-state index is 10.5. The van der Waals surface area contributed by atoms with Gasteiger partial charge in [-0.25, -0.2) is 0 Å². The van der Waals surface area contributed by atoms with E-state index in [2.05, 4.69) is 5.32 Å². The number of carboxylic acids is 1. The molecule has 4 nitrogen and oxygen atoms in total. The molecule has 2 aliphatic rings. The number of aliphatic carboxylic acids is 1. The molecule has 2 heterocycles. The fraction of sp³-hybridized carbons (Fsp3) is 0.857. The van der Waals surface area contributed by atoms with Crippen molar-refractivity contribution in [2.75, 3.05) is 19.7 Å². The van der Waals surface area contributed by atoms with Gasteiger partial charge in [0.25, 0.3) is 0 Å². The molecule has 0 amide bonds. The minimum Gasteiger partial charge on any atom is -0.481 e. The van der Waals surface area contributed by atoms with Crippen molar-refractivity contribution in [3.8, 4) is 0 Å². The van der Waals surface area contributed by atoms with Crippen LogP contribution in [0.25, 0.3) is 0 Å². The van der Waals surface area contributed by atoms with Gasteiger partial charge in [-0.05, 0) is 6.42 Å². The number of rotatable bonds is 1.